The zero-order valence-corrected chi connectivity index (χ0v) is 10.6. The molecule has 0 radical (unpaired) electrons. The lowest BCUT2D eigenvalue weighted by molar-refractivity contribution is 0.0479. The zero-order valence-electron chi connectivity index (χ0n) is 10.6. The Kier molecular flexibility index (Phi) is 12.4. The normalized spacial score (nSPS) is 8.12. The van der Waals surface area contributed by atoms with Gasteiger partial charge >= 0.3 is 11.9 Å². The average molecular weight is 231 g/mol. The van der Waals surface area contributed by atoms with Gasteiger partial charge < -0.3 is 14.9 Å². The monoisotopic (exact) mass is 231 g/mol. The van der Waals surface area contributed by atoms with Crippen molar-refractivity contribution in [2.75, 3.05) is 6.61 Å². The Hall–Kier alpha value is -1.43. The topological polar surface area (TPSA) is 91.2 Å². The average Bonchev–Trinajstić information content (AvgIpc) is 2.83. The van der Waals surface area contributed by atoms with E-state index in [0.29, 0.717) is 0 Å². The van der Waals surface area contributed by atoms with Crippen molar-refractivity contribution in [1.82, 2.24) is 10.2 Å². The lowest BCUT2D eigenvalue weighted by atomic mass is 10.6. The molecule has 0 fully saturated rings. The Labute approximate surface area is 96.2 Å². The van der Waals surface area contributed by atoms with Gasteiger partial charge in [0.05, 0.1) is 13.2 Å². The van der Waals surface area contributed by atoms with Gasteiger partial charge in [0.15, 0.2) is 0 Å². The predicted octanol–water partition coefficient (Wildman–Crippen LogP) is 1.76. The van der Waals surface area contributed by atoms with Crippen LogP contribution in [-0.2, 0) is 11.3 Å². The van der Waals surface area contributed by atoms with Gasteiger partial charge in [-0.2, -0.15) is 0 Å². The first-order chi connectivity index (χ1) is 7.77. The van der Waals surface area contributed by atoms with Gasteiger partial charge in [-0.25, -0.2) is 4.79 Å². The van der Waals surface area contributed by atoms with Crippen molar-refractivity contribution in [3.8, 4) is 0 Å². The third kappa shape index (κ3) is 6.13. The lowest BCUT2D eigenvalue weighted by Gasteiger charge is -1.93. The molecule has 1 aromatic rings. The number of aromatic nitrogens is 2. The van der Waals surface area contributed by atoms with Crippen LogP contribution >= 0.6 is 0 Å². The summed E-state index contributed by atoms with van der Waals surface area (Å²) in [6, 6.07) is 0. The summed E-state index contributed by atoms with van der Waals surface area (Å²) in [5.74, 6) is -0.556. The predicted molar refractivity (Wildman–Crippen MR) is 60.8 cm³/mol. The minimum absolute atomic E-state index is 0.117. The summed E-state index contributed by atoms with van der Waals surface area (Å²) in [6.07, 6.45) is 0. The maximum Gasteiger partial charge on any atom is 0.396 e. The highest BCUT2D eigenvalue weighted by Crippen LogP contribution is 2.00. The molecule has 6 nitrogen and oxygen atoms in total. The van der Waals surface area contributed by atoms with Crippen molar-refractivity contribution in [3.63, 3.8) is 0 Å². The van der Waals surface area contributed by atoms with Crippen LogP contribution in [0, 0.1) is 0 Å². The highest BCUT2D eigenvalue weighted by molar-refractivity contribution is 5.83. The van der Waals surface area contributed by atoms with E-state index in [1.54, 1.807) is 6.92 Å². The first kappa shape index (κ1) is 17.0. The van der Waals surface area contributed by atoms with E-state index in [1.165, 1.54) is 0 Å². The molecule has 1 heterocycles. The van der Waals surface area contributed by atoms with Gasteiger partial charge in [0.1, 0.15) is 0 Å². The van der Waals surface area contributed by atoms with Gasteiger partial charge in [0.2, 0.25) is 5.89 Å². The Balaban J connectivity index is 0. The molecule has 94 valence electrons. The zero-order chi connectivity index (χ0) is 13.0. The Bertz CT molecular complexity index is 274. The van der Waals surface area contributed by atoms with E-state index >= 15 is 0 Å². The van der Waals surface area contributed by atoms with E-state index < -0.39 is 5.97 Å². The second-order valence-corrected chi connectivity index (χ2v) is 1.93. The summed E-state index contributed by atoms with van der Waals surface area (Å²) in [5.41, 5.74) is 5.19. The molecule has 2 N–H and O–H groups in total. The molecule has 1 aromatic heterocycles. The van der Waals surface area contributed by atoms with Crippen molar-refractivity contribution in [1.29, 1.82) is 0 Å². The molecular formula is C10H21N3O3. The molecule has 0 amide bonds. The fourth-order valence-corrected chi connectivity index (χ4v) is 0.611. The molecule has 0 saturated heterocycles. The Morgan fingerprint density at radius 2 is 1.88 bits per heavy atom. The van der Waals surface area contributed by atoms with Gasteiger partial charge in [0, 0.05) is 0 Å². The van der Waals surface area contributed by atoms with Crippen molar-refractivity contribution in [2.45, 2.75) is 41.2 Å². The highest BCUT2D eigenvalue weighted by Gasteiger charge is 2.14. The van der Waals surface area contributed by atoms with E-state index in [0.717, 1.165) is 0 Å². The van der Waals surface area contributed by atoms with Gasteiger partial charge in [0.25, 0.3) is 0 Å². The first-order valence-corrected chi connectivity index (χ1v) is 5.47. The molecule has 0 atom stereocenters. The number of nitrogens with zero attached hydrogens (tertiary/aromatic N) is 2. The molecular weight excluding hydrogens is 210 g/mol. The molecule has 16 heavy (non-hydrogen) atoms. The second kappa shape index (κ2) is 11.6. The first-order valence-electron chi connectivity index (χ1n) is 5.47. The third-order valence-corrected chi connectivity index (χ3v) is 1.09. The van der Waals surface area contributed by atoms with Crippen LogP contribution in [-0.4, -0.2) is 22.8 Å². The quantitative estimate of drug-likeness (QED) is 0.797. The van der Waals surface area contributed by atoms with Crippen LogP contribution in [0.15, 0.2) is 4.42 Å². The van der Waals surface area contributed by atoms with E-state index in [1.807, 2.05) is 27.7 Å². The fourth-order valence-electron chi connectivity index (χ4n) is 0.611. The maximum atomic E-state index is 10.9. The third-order valence-electron chi connectivity index (χ3n) is 1.09. The standard InChI is InChI=1S/C6H9N3O3.2C2H6/c1-2-11-6(10)5-9-8-4(3-7)12-5;2*1-2/h2-3,7H2,1H3;2*1-2H3. The van der Waals surface area contributed by atoms with Crippen LogP contribution in [0.1, 0.15) is 51.2 Å². The highest BCUT2D eigenvalue weighted by atomic mass is 16.5. The molecule has 0 aliphatic rings. The van der Waals surface area contributed by atoms with Crippen molar-refractivity contribution in [2.24, 2.45) is 5.73 Å². The lowest BCUT2D eigenvalue weighted by Crippen LogP contribution is -2.04. The second-order valence-electron chi connectivity index (χ2n) is 1.93. The summed E-state index contributed by atoms with van der Waals surface area (Å²) in [4.78, 5) is 10.9. The summed E-state index contributed by atoms with van der Waals surface area (Å²) in [6.45, 7) is 10.1. The SMILES string of the molecule is CC.CC.CCOC(=O)c1nnc(CN)o1. The number of hydrogen-bond acceptors (Lipinski definition) is 6. The number of carbonyl (C=O) groups is 1. The molecule has 0 unspecified atom stereocenters. The minimum Gasteiger partial charge on any atom is -0.459 e. The van der Waals surface area contributed by atoms with Gasteiger partial charge in [-0.05, 0) is 6.92 Å². The van der Waals surface area contributed by atoms with Crippen LogP contribution in [0.2, 0.25) is 0 Å². The summed E-state index contributed by atoms with van der Waals surface area (Å²) >= 11 is 0. The summed E-state index contributed by atoms with van der Waals surface area (Å²) < 4.78 is 9.44. The largest absolute Gasteiger partial charge is 0.459 e. The Morgan fingerprint density at radius 1 is 1.31 bits per heavy atom. The summed E-state index contributed by atoms with van der Waals surface area (Å²) in [5, 5.41) is 6.93. The molecule has 0 saturated carbocycles. The Morgan fingerprint density at radius 3 is 2.25 bits per heavy atom. The van der Waals surface area contributed by atoms with Crippen LogP contribution in [0.3, 0.4) is 0 Å². The van der Waals surface area contributed by atoms with Gasteiger partial charge in [-0.15, -0.1) is 10.2 Å². The molecule has 1 rings (SSSR count). The number of esters is 1. The number of ether oxygens (including phenoxy) is 1. The van der Waals surface area contributed by atoms with Crippen molar-refractivity contribution >= 4 is 5.97 Å². The van der Waals surface area contributed by atoms with Gasteiger partial charge in [-0.3, -0.25) is 0 Å². The van der Waals surface area contributed by atoms with Gasteiger partial charge in [-0.1, -0.05) is 27.7 Å². The fraction of sp³-hybridized carbons (Fsp3) is 0.700. The van der Waals surface area contributed by atoms with Crippen molar-refractivity contribution < 1.29 is 13.9 Å². The maximum absolute atomic E-state index is 10.9. The van der Waals surface area contributed by atoms with Crippen LogP contribution in [0.5, 0.6) is 0 Å². The van der Waals surface area contributed by atoms with E-state index in [4.69, 9.17) is 10.2 Å². The molecule has 0 spiro atoms. The van der Waals surface area contributed by atoms with Crippen LogP contribution in [0.4, 0.5) is 0 Å². The number of rotatable bonds is 3. The van der Waals surface area contributed by atoms with Crippen molar-refractivity contribution in [3.05, 3.63) is 11.8 Å². The van der Waals surface area contributed by atoms with E-state index in [-0.39, 0.29) is 24.9 Å². The molecule has 6 heteroatoms. The number of carbonyl (C=O) groups excluding carboxylic acids is 1. The smallest absolute Gasteiger partial charge is 0.396 e. The molecule has 0 aromatic carbocycles. The van der Waals surface area contributed by atoms with Crippen LogP contribution in [0.25, 0.3) is 0 Å². The molecule has 0 aliphatic carbocycles. The number of nitrogens with two attached hydrogens (primary N) is 1. The van der Waals surface area contributed by atoms with E-state index in [9.17, 15) is 4.79 Å². The van der Waals surface area contributed by atoms with Crippen LogP contribution < -0.4 is 5.73 Å². The number of hydrogen-bond donors (Lipinski definition) is 1. The minimum atomic E-state index is -0.621. The summed E-state index contributed by atoms with van der Waals surface area (Å²) in [7, 11) is 0. The molecule has 0 bridgehead atoms. The van der Waals surface area contributed by atoms with E-state index in [2.05, 4.69) is 14.9 Å². The molecule has 0 aliphatic heterocycles.